The molecule has 1 N–H and O–H groups in total. The van der Waals surface area contributed by atoms with Gasteiger partial charge in [-0.2, -0.15) is 13.2 Å². The summed E-state index contributed by atoms with van der Waals surface area (Å²) in [6.07, 6.45) is -3.97. The summed E-state index contributed by atoms with van der Waals surface area (Å²) >= 11 is 0. The van der Waals surface area contributed by atoms with Crippen LogP contribution in [-0.2, 0) is 9.53 Å². The van der Waals surface area contributed by atoms with E-state index in [0.29, 0.717) is 0 Å². The van der Waals surface area contributed by atoms with E-state index in [1.165, 1.54) is 12.0 Å². The lowest BCUT2D eigenvalue weighted by Gasteiger charge is -2.29. The van der Waals surface area contributed by atoms with Gasteiger partial charge in [0.15, 0.2) is 0 Å². The number of hydrogen-bond donors (Lipinski definition) is 1. The molecule has 0 rings (SSSR count). The van der Waals surface area contributed by atoms with Crippen molar-refractivity contribution in [2.75, 3.05) is 33.8 Å². The number of rotatable bonds is 7. The summed E-state index contributed by atoms with van der Waals surface area (Å²) in [7, 11) is 2.84. The highest BCUT2D eigenvalue weighted by molar-refractivity contribution is 5.80. The van der Waals surface area contributed by atoms with Gasteiger partial charge >= 0.3 is 12.1 Å². The van der Waals surface area contributed by atoms with Crippen LogP contribution in [0.5, 0.6) is 0 Å². The van der Waals surface area contributed by atoms with Crippen molar-refractivity contribution in [1.82, 2.24) is 10.2 Å². The molecule has 1 atom stereocenters. The van der Waals surface area contributed by atoms with Crippen LogP contribution in [-0.4, -0.2) is 56.4 Å². The number of carbonyl (C=O) groups is 1. The molecule has 0 aliphatic heterocycles. The molecule has 0 amide bonds. The third-order valence-electron chi connectivity index (χ3n) is 2.97. The molecule has 0 heterocycles. The van der Waals surface area contributed by atoms with Crippen molar-refractivity contribution in [1.29, 1.82) is 0 Å². The number of esters is 1. The smallest absolute Gasteiger partial charge is 0.401 e. The van der Waals surface area contributed by atoms with E-state index in [9.17, 15) is 18.0 Å². The molecule has 0 saturated carbocycles. The van der Waals surface area contributed by atoms with Crippen molar-refractivity contribution in [2.24, 2.45) is 0 Å². The normalized spacial score (nSPS) is 15.6. The highest BCUT2D eigenvalue weighted by atomic mass is 19.4. The van der Waals surface area contributed by atoms with E-state index in [2.05, 4.69) is 10.1 Å². The number of alkyl halides is 3. The van der Waals surface area contributed by atoms with Gasteiger partial charge in [-0.25, -0.2) is 0 Å². The van der Waals surface area contributed by atoms with E-state index >= 15 is 0 Å². The van der Waals surface area contributed by atoms with E-state index in [0.717, 1.165) is 0 Å². The third-order valence-corrected chi connectivity index (χ3v) is 2.97. The zero-order valence-electron chi connectivity index (χ0n) is 11.2. The summed E-state index contributed by atoms with van der Waals surface area (Å²) in [5, 5.41) is 2.79. The zero-order valence-corrected chi connectivity index (χ0v) is 11.2. The molecule has 0 aliphatic rings. The van der Waals surface area contributed by atoms with Crippen LogP contribution in [0.25, 0.3) is 0 Å². The van der Waals surface area contributed by atoms with Crippen LogP contribution in [0, 0.1) is 0 Å². The highest BCUT2D eigenvalue weighted by Crippen LogP contribution is 2.18. The molecular weight excluding hydrogens is 249 g/mol. The molecule has 108 valence electrons. The van der Waals surface area contributed by atoms with Gasteiger partial charge < -0.3 is 10.1 Å². The van der Waals surface area contributed by atoms with Crippen molar-refractivity contribution >= 4 is 5.97 Å². The Bertz CT molecular complexity index is 272. The summed E-state index contributed by atoms with van der Waals surface area (Å²) in [5.74, 6) is -0.479. The molecule has 0 saturated heterocycles. The van der Waals surface area contributed by atoms with Gasteiger partial charge in [0.05, 0.1) is 13.7 Å². The Morgan fingerprint density at radius 2 is 1.94 bits per heavy atom. The van der Waals surface area contributed by atoms with Gasteiger partial charge in [-0.3, -0.25) is 9.69 Å². The fourth-order valence-corrected chi connectivity index (χ4v) is 1.54. The fraction of sp³-hybridized carbons (Fsp3) is 0.909. The van der Waals surface area contributed by atoms with Crippen LogP contribution in [0.4, 0.5) is 13.2 Å². The molecule has 0 aromatic rings. The topological polar surface area (TPSA) is 41.6 Å². The number of carbonyl (C=O) groups excluding carboxylic acids is 1. The van der Waals surface area contributed by atoms with Gasteiger partial charge in [-0.05, 0) is 26.9 Å². The molecule has 0 bridgehead atoms. The second-order valence-electron chi connectivity index (χ2n) is 4.31. The first-order valence-electron chi connectivity index (χ1n) is 5.75. The van der Waals surface area contributed by atoms with E-state index in [-0.39, 0.29) is 19.5 Å². The summed E-state index contributed by atoms with van der Waals surface area (Å²) < 4.78 is 41.4. The van der Waals surface area contributed by atoms with Gasteiger partial charge in [-0.1, -0.05) is 6.92 Å². The quantitative estimate of drug-likeness (QED) is 0.710. The molecule has 0 aliphatic carbocycles. The molecule has 0 spiro atoms. The molecule has 1 unspecified atom stereocenters. The molecule has 0 aromatic carbocycles. The first kappa shape index (κ1) is 17.2. The van der Waals surface area contributed by atoms with Gasteiger partial charge in [0, 0.05) is 6.54 Å². The molecule has 4 nitrogen and oxygen atoms in total. The summed E-state index contributed by atoms with van der Waals surface area (Å²) in [4.78, 5) is 12.8. The van der Waals surface area contributed by atoms with Gasteiger partial charge in [0.25, 0.3) is 0 Å². The number of ether oxygens (including phenoxy) is 1. The Balaban J connectivity index is 4.46. The van der Waals surface area contributed by atoms with Gasteiger partial charge in [0.2, 0.25) is 0 Å². The maximum Gasteiger partial charge on any atom is 0.401 e. The van der Waals surface area contributed by atoms with Crippen molar-refractivity contribution in [3.05, 3.63) is 0 Å². The number of hydrogen-bond acceptors (Lipinski definition) is 4. The summed E-state index contributed by atoms with van der Waals surface area (Å²) in [5.41, 5.74) is -0.965. The Kier molecular flexibility index (Phi) is 6.62. The minimum absolute atomic E-state index is 0.169. The van der Waals surface area contributed by atoms with Crippen LogP contribution >= 0.6 is 0 Å². The number of likely N-dealkylation sites (N-methyl/N-ethyl adjacent to an activating group) is 1. The predicted octanol–water partition coefficient (Wildman–Crippen LogP) is 1.41. The Labute approximate surface area is 105 Å². The van der Waals surface area contributed by atoms with Crippen LogP contribution in [0.3, 0.4) is 0 Å². The first-order valence-corrected chi connectivity index (χ1v) is 5.75. The molecule has 7 heteroatoms. The third kappa shape index (κ3) is 5.68. The molecule has 0 radical (unpaired) electrons. The minimum atomic E-state index is -4.22. The number of methoxy groups -OCH3 is 1. The van der Waals surface area contributed by atoms with Crippen LogP contribution < -0.4 is 5.32 Å². The zero-order chi connectivity index (χ0) is 14.4. The van der Waals surface area contributed by atoms with Crippen molar-refractivity contribution in [2.45, 2.75) is 32.0 Å². The van der Waals surface area contributed by atoms with Crippen molar-refractivity contribution in [3.63, 3.8) is 0 Å². The van der Waals surface area contributed by atoms with Crippen molar-refractivity contribution < 1.29 is 22.7 Å². The van der Waals surface area contributed by atoms with E-state index < -0.39 is 24.2 Å². The standard InChI is InChI=1S/C11H21F3N2O2/c1-5-16(8-11(12,13)14)7-6-10(2,15-3)9(17)18-4/h15H,5-8H2,1-4H3. The largest absolute Gasteiger partial charge is 0.468 e. The van der Waals surface area contributed by atoms with E-state index in [4.69, 9.17) is 0 Å². The summed E-state index contributed by atoms with van der Waals surface area (Å²) in [6.45, 7) is 2.74. The fourth-order valence-electron chi connectivity index (χ4n) is 1.54. The van der Waals surface area contributed by atoms with E-state index in [1.54, 1.807) is 20.9 Å². The SMILES string of the molecule is CCN(CCC(C)(NC)C(=O)OC)CC(F)(F)F. The maximum absolute atomic E-state index is 12.3. The van der Waals surface area contributed by atoms with Crippen LogP contribution in [0.1, 0.15) is 20.3 Å². The number of nitrogens with zero attached hydrogens (tertiary/aromatic N) is 1. The second-order valence-corrected chi connectivity index (χ2v) is 4.31. The highest BCUT2D eigenvalue weighted by Gasteiger charge is 2.35. The average molecular weight is 270 g/mol. The summed E-state index contributed by atoms with van der Waals surface area (Å²) in [6, 6.07) is 0. The maximum atomic E-state index is 12.3. The van der Waals surface area contributed by atoms with Gasteiger partial charge in [0.1, 0.15) is 5.54 Å². The lowest BCUT2D eigenvalue weighted by Crippen LogP contribution is -2.50. The molecule has 0 fully saturated rings. The van der Waals surface area contributed by atoms with Crippen LogP contribution in [0.2, 0.25) is 0 Å². The Morgan fingerprint density at radius 1 is 1.39 bits per heavy atom. The van der Waals surface area contributed by atoms with E-state index in [1.807, 2.05) is 0 Å². The Morgan fingerprint density at radius 3 is 2.28 bits per heavy atom. The minimum Gasteiger partial charge on any atom is -0.468 e. The monoisotopic (exact) mass is 270 g/mol. The number of nitrogens with one attached hydrogen (secondary N) is 1. The predicted molar refractivity (Wildman–Crippen MR) is 62.3 cm³/mol. The molecule has 18 heavy (non-hydrogen) atoms. The average Bonchev–Trinajstić information content (AvgIpc) is 2.31. The van der Waals surface area contributed by atoms with Gasteiger partial charge in [-0.15, -0.1) is 0 Å². The lowest BCUT2D eigenvalue weighted by molar-refractivity contribution is -0.150. The van der Waals surface area contributed by atoms with Crippen molar-refractivity contribution in [3.8, 4) is 0 Å². The Hall–Kier alpha value is -0.820. The second kappa shape index (κ2) is 6.94. The lowest BCUT2D eigenvalue weighted by atomic mass is 9.98. The molecular formula is C11H21F3N2O2. The molecule has 0 aromatic heterocycles. The number of halogens is 3. The van der Waals surface area contributed by atoms with Crippen LogP contribution in [0.15, 0.2) is 0 Å². The first-order chi connectivity index (χ1) is 8.18.